The van der Waals surface area contributed by atoms with Gasteiger partial charge in [0.2, 0.25) is 0 Å². The molecule has 5 rings (SSSR count). The summed E-state index contributed by atoms with van der Waals surface area (Å²) < 4.78 is 5.53. The first-order chi connectivity index (χ1) is 17.0. The summed E-state index contributed by atoms with van der Waals surface area (Å²) in [7, 11) is 0. The van der Waals surface area contributed by atoms with Gasteiger partial charge in [0.1, 0.15) is 22.0 Å². The predicted octanol–water partition coefficient (Wildman–Crippen LogP) is 4.31. The van der Waals surface area contributed by atoms with Crippen molar-refractivity contribution in [2.45, 2.75) is 43.7 Å². The number of aromatic nitrogens is 1. The van der Waals surface area contributed by atoms with Crippen LogP contribution in [-0.2, 0) is 16.1 Å². The Labute approximate surface area is 206 Å². The number of carbonyl (C=O) groups excluding carboxylic acids is 2. The van der Waals surface area contributed by atoms with Crippen LogP contribution in [0.2, 0.25) is 0 Å². The summed E-state index contributed by atoms with van der Waals surface area (Å²) in [6, 6.07) is 16.3. The topological polar surface area (TPSA) is 118 Å². The summed E-state index contributed by atoms with van der Waals surface area (Å²) in [6.07, 6.45) is 3.21. The van der Waals surface area contributed by atoms with Crippen molar-refractivity contribution in [3.8, 4) is 11.1 Å². The highest BCUT2D eigenvalue weighted by Gasteiger charge is 2.43. The van der Waals surface area contributed by atoms with Crippen LogP contribution >= 0.6 is 11.3 Å². The summed E-state index contributed by atoms with van der Waals surface area (Å²) >= 11 is 1.12. The molecule has 180 valence electrons. The third-order valence-corrected chi connectivity index (χ3v) is 7.72. The minimum atomic E-state index is -1.21. The minimum Gasteiger partial charge on any atom is -0.480 e. The number of carbonyl (C=O) groups is 3. The number of amides is 2. The summed E-state index contributed by atoms with van der Waals surface area (Å²) in [6.45, 7) is 0.321. The van der Waals surface area contributed by atoms with Gasteiger partial charge in [0.25, 0.3) is 5.91 Å². The number of carboxylic acids is 1. The first kappa shape index (κ1) is 23.0. The predicted molar refractivity (Wildman–Crippen MR) is 130 cm³/mol. The SMILES string of the molecule is O=C(NCc1ncc(C(=O)NC2(C(=O)O)CCCC2)s1)OCC1c2ccccc2-c2ccccc21. The molecule has 3 N–H and O–H groups in total. The molecule has 2 amide bonds. The van der Waals surface area contributed by atoms with Crippen LogP contribution in [0.5, 0.6) is 0 Å². The van der Waals surface area contributed by atoms with E-state index in [0.29, 0.717) is 22.7 Å². The minimum absolute atomic E-state index is 0.0274. The Balaban J connectivity index is 1.16. The molecule has 0 aliphatic heterocycles. The molecule has 0 bridgehead atoms. The molecule has 1 aromatic heterocycles. The van der Waals surface area contributed by atoms with Crippen molar-refractivity contribution < 1.29 is 24.2 Å². The van der Waals surface area contributed by atoms with Crippen molar-refractivity contribution in [1.29, 1.82) is 0 Å². The van der Waals surface area contributed by atoms with E-state index < -0.39 is 23.5 Å². The van der Waals surface area contributed by atoms with Crippen LogP contribution in [0.1, 0.15) is 57.4 Å². The number of carboxylic acid groups (broad SMARTS) is 1. The number of nitrogens with zero attached hydrogens (tertiary/aromatic N) is 1. The molecule has 2 aliphatic carbocycles. The molecule has 0 spiro atoms. The second kappa shape index (κ2) is 9.50. The average molecular weight is 492 g/mol. The zero-order valence-electron chi connectivity index (χ0n) is 19.0. The van der Waals surface area contributed by atoms with Crippen LogP contribution in [-0.4, -0.2) is 40.2 Å². The highest BCUT2D eigenvalue weighted by molar-refractivity contribution is 7.13. The quantitative estimate of drug-likeness (QED) is 0.453. The van der Waals surface area contributed by atoms with Crippen LogP contribution < -0.4 is 10.6 Å². The molecule has 0 radical (unpaired) electrons. The van der Waals surface area contributed by atoms with E-state index in [-0.39, 0.29) is 19.1 Å². The number of benzene rings is 2. The molecule has 9 heteroatoms. The smallest absolute Gasteiger partial charge is 0.407 e. The number of aliphatic carboxylic acids is 1. The van der Waals surface area contributed by atoms with Crippen LogP contribution in [0.3, 0.4) is 0 Å². The molecular weight excluding hydrogens is 466 g/mol. The maximum atomic E-state index is 12.6. The molecule has 3 aromatic rings. The molecule has 1 heterocycles. The third kappa shape index (κ3) is 4.51. The van der Waals surface area contributed by atoms with Crippen molar-refractivity contribution in [2.24, 2.45) is 0 Å². The van der Waals surface area contributed by atoms with E-state index >= 15 is 0 Å². The molecule has 0 unspecified atom stereocenters. The van der Waals surface area contributed by atoms with Gasteiger partial charge in [-0.05, 0) is 35.1 Å². The highest BCUT2D eigenvalue weighted by atomic mass is 32.1. The second-order valence-corrected chi connectivity index (χ2v) is 9.96. The fourth-order valence-corrected chi connectivity index (χ4v) is 5.70. The Morgan fingerprint density at radius 1 is 1.03 bits per heavy atom. The molecular formula is C26H25N3O5S. The summed E-state index contributed by atoms with van der Waals surface area (Å²) in [5.74, 6) is -1.50. The molecule has 2 aromatic carbocycles. The highest BCUT2D eigenvalue weighted by Crippen LogP contribution is 2.44. The third-order valence-electron chi connectivity index (χ3n) is 6.72. The number of hydrogen-bond acceptors (Lipinski definition) is 6. The lowest BCUT2D eigenvalue weighted by atomic mass is 9.98. The lowest BCUT2D eigenvalue weighted by molar-refractivity contribution is -0.144. The summed E-state index contributed by atoms with van der Waals surface area (Å²) in [5.41, 5.74) is 3.39. The van der Waals surface area contributed by atoms with Crippen LogP contribution in [0.15, 0.2) is 54.7 Å². The Morgan fingerprint density at radius 2 is 1.66 bits per heavy atom. The fourth-order valence-electron chi connectivity index (χ4n) is 4.94. The summed E-state index contributed by atoms with van der Waals surface area (Å²) in [5, 5.41) is 15.4. The van der Waals surface area contributed by atoms with Crippen molar-refractivity contribution in [1.82, 2.24) is 15.6 Å². The largest absolute Gasteiger partial charge is 0.480 e. The first-order valence-electron chi connectivity index (χ1n) is 11.6. The van der Waals surface area contributed by atoms with E-state index in [1.807, 2.05) is 24.3 Å². The van der Waals surface area contributed by atoms with Crippen LogP contribution in [0.25, 0.3) is 11.1 Å². The number of alkyl carbamates (subject to hydrolysis) is 1. The molecule has 1 saturated carbocycles. The van der Waals surface area contributed by atoms with Crippen molar-refractivity contribution in [3.05, 3.63) is 75.7 Å². The van der Waals surface area contributed by atoms with E-state index in [2.05, 4.69) is 39.9 Å². The van der Waals surface area contributed by atoms with Gasteiger partial charge >= 0.3 is 12.1 Å². The Morgan fingerprint density at radius 3 is 2.29 bits per heavy atom. The number of hydrogen-bond donors (Lipinski definition) is 3. The Bertz CT molecular complexity index is 1240. The molecule has 8 nitrogen and oxygen atoms in total. The van der Waals surface area contributed by atoms with E-state index in [0.717, 1.165) is 46.4 Å². The number of rotatable bonds is 7. The normalized spacial score (nSPS) is 15.8. The molecule has 0 saturated heterocycles. The van der Waals surface area contributed by atoms with E-state index in [1.54, 1.807) is 0 Å². The van der Waals surface area contributed by atoms with Gasteiger partial charge in [-0.15, -0.1) is 11.3 Å². The van der Waals surface area contributed by atoms with E-state index in [9.17, 15) is 19.5 Å². The van der Waals surface area contributed by atoms with Crippen molar-refractivity contribution in [2.75, 3.05) is 6.61 Å². The number of nitrogens with one attached hydrogen (secondary N) is 2. The molecule has 2 aliphatic rings. The molecule has 35 heavy (non-hydrogen) atoms. The number of ether oxygens (including phenoxy) is 1. The maximum Gasteiger partial charge on any atom is 0.407 e. The van der Waals surface area contributed by atoms with Gasteiger partial charge < -0.3 is 20.5 Å². The molecule has 1 fully saturated rings. The zero-order valence-corrected chi connectivity index (χ0v) is 19.8. The monoisotopic (exact) mass is 491 g/mol. The summed E-state index contributed by atoms with van der Waals surface area (Å²) in [4.78, 5) is 41.2. The van der Waals surface area contributed by atoms with Crippen LogP contribution in [0, 0.1) is 0 Å². The van der Waals surface area contributed by atoms with Gasteiger partial charge in [-0.3, -0.25) is 4.79 Å². The van der Waals surface area contributed by atoms with E-state index in [4.69, 9.17) is 4.74 Å². The number of thiazole rings is 1. The van der Waals surface area contributed by atoms with Gasteiger partial charge in [-0.25, -0.2) is 14.6 Å². The van der Waals surface area contributed by atoms with E-state index in [1.165, 1.54) is 6.20 Å². The maximum absolute atomic E-state index is 12.6. The lowest BCUT2D eigenvalue weighted by Crippen LogP contribution is -2.52. The second-order valence-electron chi connectivity index (χ2n) is 8.85. The van der Waals surface area contributed by atoms with Gasteiger partial charge in [0, 0.05) is 5.92 Å². The van der Waals surface area contributed by atoms with Crippen molar-refractivity contribution >= 4 is 29.3 Å². The fraction of sp³-hybridized carbons (Fsp3) is 0.308. The van der Waals surface area contributed by atoms with Gasteiger partial charge in [0.15, 0.2) is 0 Å². The number of fused-ring (bicyclic) bond motifs is 3. The average Bonchev–Trinajstić information content (AvgIpc) is 3.60. The molecule has 0 atom stereocenters. The Hall–Kier alpha value is -3.72. The van der Waals surface area contributed by atoms with Crippen molar-refractivity contribution in [3.63, 3.8) is 0 Å². The van der Waals surface area contributed by atoms with Gasteiger partial charge in [-0.1, -0.05) is 61.4 Å². The van der Waals surface area contributed by atoms with Crippen LogP contribution in [0.4, 0.5) is 4.79 Å². The van der Waals surface area contributed by atoms with Gasteiger partial charge in [-0.2, -0.15) is 0 Å². The standard InChI is InChI=1S/C26H25N3O5S/c30-23(29-26(24(31)32)11-5-6-12-26)21-13-27-22(35-21)14-28-25(33)34-15-20-18-9-3-1-7-16(18)17-8-2-4-10-19(17)20/h1-4,7-10,13,20H,5-6,11-12,14-15H2,(H,28,33)(H,29,30)(H,31,32). The lowest BCUT2D eigenvalue weighted by Gasteiger charge is -2.24. The first-order valence-corrected chi connectivity index (χ1v) is 12.4. The van der Waals surface area contributed by atoms with Gasteiger partial charge in [0.05, 0.1) is 12.7 Å². The Kier molecular flexibility index (Phi) is 6.25. The zero-order chi connectivity index (χ0) is 24.4.